The molecule has 0 aliphatic carbocycles. The molecule has 2 nitrogen and oxygen atoms in total. The molecule has 0 saturated carbocycles. The van der Waals surface area contributed by atoms with Crippen LogP contribution in [0.3, 0.4) is 0 Å². The first-order valence-corrected chi connectivity index (χ1v) is 7.09. The summed E-state index contributed by atoms with van der Waals surface area (Å²) >= 11 is 0. The van der Waals surface area contributed by atoms with Gasteiger partial charge in [-0.2, -0.15) is 0 Å². The van der Waals surface area contributed by atoms with E-state index in [9.17, 15) is 8.78 Å². The number of nitrogens with two attached hydrogens (primary N) is 1. The van der Waals surface area contributed by atoms with E-state index in [2.05, 4.69) is 11.0 Å². The van der Waals surface area contributed by atoms with E-state index in [1.165, 1.54) is 23.3 Å². The second-order valence-electron chi connectivity index (χ2n) is 5.49. The van der Waals surface area contributed by atoms with Crippen molar-refractivity contribution >= 4 is 5.69 Å². The van der Waals surface area contributed by atoms with Crippen LogP contribution in [0.25, 0.3) is 0 Å². The Kier molecular flexibility index (Phi) is 3.88. The van der Waals surface area contributed by atoms with Crippen LogP contribution in [0.5, 0.6) is 0 Å². The van der Waals surface area contributed by atoms with Crippen molar-refractivity contribution in [2.75, 3.05) is 12.3 Å². The highest BCUT2D eigenvalue weighted by molar-refractivity contribution is 5.51. The summed E-state index contributed by atoms with van der Waals surface area (Å²) in [5.74, 6) is 0. The van der Waals surface area contributed by atoms with Crippen molar-refractivity contribution in [2.45, 2.75) is 25.9 Å². The molecule has 0 radical (unpaired) electrons. The van der Waals surface area contributed by atoms with Crippen molar-refractivity contribution in [1.82, 2.24) is 4.90 Å². The second kappa shape index (κ2) is 5.82. The number of benzene rings is 2. The van der Waals surface area contributed by atoms with Crippen LogP contribution in [-0.2, 0) is 19.5 Å². The number of hydrogen-bond donors (Lipinski definition) is 1. The van der Waals surface area contributed by atoms with Gasteiger partial charge in [-0.05, 0) is 29.2 Å². The predicted molar refractivity (Wildman–Crippen MR) is 80.1 cm³/mol. The first-order valence-electron chi connectivity index (χ1n) is 7.09. The Morgan fingerprint density at radius 2 is 1.86 bits per heavy atom. The van der Waals surface area contributed by atoms with E-state index in [-0.39, 0.29) is 5.56 Å². The van der Waals surface area contributed by atoms with Gasteiger partial charge in [-0.15, -0.1) is 0 Å². The van der Waals surface area contributed by atoms with E-state index in [1.54, 1.807) is 12.1 Å². The zero-order chi connectivity index (χ0) is 14.8. The van der Waals surface area contributed by atoms with Gasteiger partial charge in [0.25, 0.3) is 6.43 Å². The average molecular weight is 288 g/mol. The van der Waals surface area contributed by atoms with E-state index >= 15 is 0 Å². The van der Waals surface area contributed by atoms with Gasteiger partial charge >= 0.3 is 0 Å². The molecule has 21 heavy (non-hydrogen) atoms. The third-order valence-corrected chi connectivity index (χ3v) is 4.03. The first-order chi connectivity index (χ1) is 10.1. The van der Waals surface area contributed by atoms with Crippen molar-refractivity contribution in [1.29, 1.82) is 0 Å². The molecule has 2 N–H and O–H groups in total. The van der Waals surface area contributed by atoms with Crippen LogP contribution in [0, 0.1) is 0 Å². The van der Waals surface area contributed by atoms with Crippen LogP contribution < -0.4 is 5.73 Å². The first kappa shape index (κ1) is 14.0. The lowest BCUT2D eigenvalue weighted by Crippen LogP contribution is -2.30. The molecule has 0 fully saturated rings. The molecule has 0 aromatic heterocycles. The molecule has 1 aliphatic heterocycles. The zero-order valence-electron chi connectivity index (χ0n) is 11.7. The van der Waals surface area contributed by atoms with Gasteiger partial charge in [0.2, 0.25) is 0 Å². The summed E-state index contributed by atoms with van der Waals surface area (Å²) in [6, 6.07) is 12.6. The fourth-order valence-electron chi connectivity index (χ4n) is 2.82. The predicted octanol–water partition coefficient (Wildman–Crippen LogP) is 3.76. The molecule has 0 amide bonds. The molecule has 4 heteroatoms. The summed E-state index contributed by atoms with van der Waals surface area (Å²) in [5, 5.41) is 0. The Hall–Kier alpha value is -1.94. The van der Waals surface area contributed by atoms with Crippen molar-refractivity contribution in [2.24, 2.45) is 0 Å². The lowest BCUT2D eigenvalue weighted by atomic mass is 9.97. The van der Waals surface area contributed by atoms with Gasteiger partial charge in [-0.1, -0.05) is 36.4 Å². The molecule has 0 saturated heterocycles. The quantitative estimate of drug-likeness (QED) is 0.871. The number of hydrogen-bond acceptors (Lipinski definition) is 2. The van der Waals surface area contributed by atoms with Crippen molar-refractivity contribution in [3.8, 4) is 0 Å². The Labute approximate surface area is 123 Å². The third kappa shape index (κ3) is 3.05. The minimum absolute atomic E-state index is 0.0759. The number of nitrogens with zero attached hydrogens (tertiary/aromatic N) is 1. The summed E-state index contributed by atoms with van der Waals surface area (Å²) in [5.41, 5.74) is 10.5. The SMILES string of the molecule is Nc1cccc2c1CN(Cc1ccc(C(F)F)cc1)CC2. The maximum atomic E-state index is 12.5. The maximum absolute atomic E-state index is 12.5. The van der Waals surface area contributed by atoms with E-state index < -0.39 is 6.43 Å². The Morgan fingerprint density at radius 3 is 2.57 bits per heavy atom. The topological polar surface area (TPSA) is 29.3 Å². The number of rotatable bonds is 3. The molecule has 0 atom stereocenters. The van der Waals surface area contributed by atoms with E-state index in [0.717, 1.165) is 37.3 Å². The van der Waals surface area contributed by atoms with Gasteiger partial charge in [-0.25, -0.2) is 8.78 Å². The van der Waals surface area contributed by atoms with Crippen LogP contribution in [0.2, 0.25) is 0 Å². The van der Waals surface area contributed by atoms with E-state index in [0.29, 0.717) is 0 Å². The third-order valence-electron chi connectivity index (χ3n) is 4.03. The van der Waals surface area contributed by atoms with Crippen LogP contribution in [0.4, 0.5) is 14.5 Å². The Morgan fingerprint density at radius 1 is 1.10 bits per heavy atom. The minimum Gasteiger partial charge on any atom is -0.398 e. The van der Waals surface area contributed by atoms with Crippen molar-refractivity contribution < 1.29 is 8.78 Å². The summed E-state index contributed by atoms with van der Waals surface area (Å²) in [6.07, 6.45) is -1.42. The lowest BCUT2D eigenvalue weighted by molar-refractivity contribution is 0.151. The summed E-state index contributed by atoms with van der Waals surface area (Å²) in [4.78, 5) is 2.30. The molecule has 110 valence electrons. The monoisotopic (exact) mass is 288 g/mol. The normalized spacial score (nSPS) is 15.2. The van der Waals surface area contributed by atoms with Gasteiger partial charge < -0.3 is 5.73 Å². The van der Waals surface area contributed by atoms with Gasteiger partial charge in [0.05, 0.1) is 0 Å². The molecule has 0 bridgehead atoms. The largest absolute Gasteiger partial charge is 0.398 e. The maximum Gasteiger partial charge on any atom is 0.263 e. The molecule has 1 heterocycles. The molecule has 0 unspecified atom stereocenters. The lowest BCUT2D eigenvalue weighted by Gasteiger charge is -2.29. The smallest absolute Gasteiger partial charge is 0.263 e. The number of halogens is 2. The van der Waals surface area contributed by atoms with E-state index in [1.807, 2.05) is 12.1 Å². The highest BCUT2D eigenvalue weighted by Crippen LogP contribution is 2.25. The standard InChI is InChI=1S/C17H18F2N2/c18-17(19)14-6-4-12(5-7-14)10-21-9-8-13-2-1-3-16(20)15(13)11-21/h1-7,17H,8-11,20H2. The van der Waals surface area contributed by atoms with Gasteiger partial charge in [0.1, 0.15) is 0 Å². The molecule has 0 spiro atoms. The highest BCUT2D eigenvalue weighted by Gasteiger charge is 2.18. The average Bonchev–Trinajstić information content (AvgIpc) is 2.49. The Bertz CT molecular complexity index is 623. The summed E-state index contributed by atoms with van der Waals surface area (Å²) in [6.45, 7) is 2.54. The molecule has 3 rings (SSSR count). The Balaban J connectivity index is 1.71. The molecule has 1 aliphatic rings. The van der Waals surface area contributed by atoms with Crippen LogP contribution >= 0.6 is 0 Å². The molecule has 2 aromatic rings. The van der Waals surface area contributed by atoms with Crippen LogP contribution in [0.15, 0.2) is 42.5 Å². The van der Waals surface area contributed by atoms with E-state index in [4.69, 9.17) is 5.73 Å². The number of alkyl halides is 2. The highest BCUT2D eigenvalue weighted by atomic mass is 19.3. The van der Waals surface area contributed by atoms with Crippen molar-refractivity contribution in [3.63, 3.8) is 0 Å². The number of nitrogen functional groups attached to an aromatic ring is 1. The molecular weight excluding hydrogens is 270 g/mol. The fraction of sp³-hybridized carbons (Fsp3) is 0.294. The summed E-state index contributed by atoms with van der Waals surface area (Å²) < 4.78 is 25.1. The van der Waals surface area contributed by atoms with Gasteiger partial charge in [-0.3, -0.25) is 4.90 Å². The van der Waals surface area contributed by atoms with Crippen LogP contribution in [0.1, 0.15) is 28.7 Å². The summed E-state index contributed by atoms with van der Waals surface area (Å²) in [7, 11) is 0. The number of fused-ring (bicyclic) bond motifs is 1. The van der Waals surface area contributed by atoms with Crippen molar-refractivity contribution in [3.05, 3.63) is 64.7 Å². The van der Waals surface area contributed by atoms with Gasteiger partial charge in [0.15, 0.2) is 0 Å². The number of anilines is 1. The minimum atomic E-state index is -2.40. The molecule has 2 aromatic carbocycles. The van der Waals surface area contributed by atoms with Crippen LogP contribution in [-0.4, -0.2) is 11.4 Å². The fourth-order valence-corrected chi connectivity index (χ4v) is 2.82. The van der Waals surface area contributed by atoms with Gasteiger partial charge in [0, 0.05) is 30.9 Å². The zero-order valence-corrected chi connectivity index (χ0v) is 11.7. The second-order valence-corrected chi connectivity index (χ2v) is 5.49. The molecular formula is C17H18F2N2.